The summed E-state index contributed by atoms with van der Waals surface area (Å²) in [6.45, 7) is 1.73. The molecule has 0 fully saturated rings. The van der Waals surface area contributed by atoms with Gasteiger partial charge in [0.1, 0.15) is 11.6 Å². The Kier molecular flexibility index (Phi) is 2.75. The predicted octanol–water partition coefficient (Wildman–Crippen LogP) is 2.83. The Morgan fingerprint density at radius 2 is 2.12 bits per heavy atom. The summed E-state index contributed by atoms with van der Waals surface area (Å²) in [6.07, 6.45) is 1.48. The molecule has 2 rings (SSSR count). The maximum absolute atomic E-state index is 13.7. The van der Waals surface area contributed by atoms with E-state index in [2.05, 4.69) is 9.97 Å². The Hall–Kier alpha value is -1.68. The Balaban J connectivity index is 2.60. The number of halogens is 2. The predicted molar refractivity (Wildman–Crippen MR) is 61.6 cm³/mol. The van der Waals surface area contributed by atoms with Gasteiger partial charge in [-0.25, -0.2) is 14.4 Å². The summed E-state index contributed by atoms with van der Waals surface area (Å²) in [5.41, 5.74) is 6.43. The van der Waals surface area contributed by atoms with Gasteiger partial charge in [-0.05, 0) is 30.7 Å². The van der Waals surface area contributed by atoms with Crippen LogP contribution in [0.5, 0.6) is 0 Å². The van der Waals surface area contributed by atoms with Crippen molar-refractivity contribution >= 4 is 17.4 Å². The number of nitrogens with two attached hydrogens (primary N) is 1. The molecule has 1 aromatic heterocycles. The molecule has 0 saturated carbocycles. The minimum Gasteiger partial charge on any atom is -0.384 e. The summed E-state index contributed by atoms with van der Waals surface area (Å²) in [7, 11) is 0. The quantitative estimate of drug-likeness (QED) is 0.830. The van der Waals surface area contributed by atoms with E-state index in [1.165, 1.54) is 24.4 Å². The fourth-order valence-corrected chi connectivity index (χ4v) is 1.48. The number of anilines is 1. The van der Waals surface area contributed by atoms with Crippen LogP contribution in [0.4, 0.5) is 10.2 Å². The highest BCUT2D eigenvalue weighted by Gasteiger charge is 2.10. The van der Waals surface area contributed by atoms with Crippen LogP contribution >= 0.6 is 11.6 Å². The van der Waals surface area contributed by atoms with Crippen molar-refractivity contribution in [3.05, 3.63) is 40.8 Å². The molecule has 0 amide bonds. The molecule has 0 bridgehead atoms. The largest absolute Gasteiger partial charge is 0.384 e. The molecule has 2 N–H and O–H groups in total. The summed E-state index contributed by atoms with van der Waals surface area (Å²) in [5.74, 6) is 0.119. The van der Waals surface area contributed by atoms with Gasteiger partial charge in [-0.3, -0.25) is 0 Å². The standard InChI is InChI=1S/C11H9ClFN3/c1-6-4-9(13)7(5-8(6)12)11-15-3-2-10(14)16-11/h2-5H,1H3,(H2,14,15,16). The number of benzene rings is 1. The number of nitrogens with zero attached hydrogens (tertiary/aromatic N) is 2. The number of rotatable bonds is 1. The van der Waals surface area contributed by atoms with Gasteiger partial charge in [0, 0.05) is 11.2 Å². The van der Waals surface area contributed by atoms with Crippen LogP contribution in [-0.4, -0.2) is 9.97 Å². The van der Waals surface area contributed by atoms with Gasteiger partial charge in [0.05, 0.1) is 5.56 Å². The van der Waals surface area contributed by atoms with Crippen molar-refractivity contribution in [2.75, 3.05) is 5.73 Å². The van der Waals surface area contributed by atoms with Gasteiger partial charge >= 0.3 is 0 Å². The van der Waals surface area contributed by atoms with Crippen molar-refractivity contribution in [3.63, 3.8) is 0 Å². The van der Waals surface area contributed by atoms with E-state index >= 15 is 0 Å². The highest BCUT2D eigenvalue weighted by Crippen LogP contribution is 2.26. The van der Waals surface area contributed by atoms with Gasteiger partial charge in [-0.1, -0.05) is 11.6 Å². The first-order chi connectivity index (χ1) is 7.58. The molecular weight excluding hydrogens is 229 g/mol. The lowest BCUT2D eigenvalue weighted by atomic mass is 10.1. The fourth-order valence-electron chi connectivity index (χ4n) is 1.32. The van der Waals surface area contributed by atoms with Gasteiger partial charge < -0.3 is 5.73 Å². The summed E-state index contributed by atoms with van der Waals surface area (Å²) >= 11 is 5.92. The minimum absolute atomic E-state index is 0.236. The maximum Gasteiger partial charge on any atom is 0.164 e. The first kappa shape index (κ1) is 10.8. The molecule has 0 spiro atoms. The van der Waals surface area contributed by atoms with Gasteiger partial charge in [0.25, 0.3) is 0 Å². The van der Waals surface area contributed by atoms with Crippen LogP contribution in [-0.2, 0) is 0 Å². The molecule has 3 nitrogen and oxygen atoms in total. The average Bonchev–Trinajstić information content (AvgIpc) is 2.23. The topological polar surface area (TPSA) is 51.8 Å². The smallest absolute Gasteiger partial charge is 0.164 e. The average molecular weight is 238 g/mol. The zero-order chi connectivity index (χ0) is 11.7. The van der Waals surface area contributed by atoms with Crippen molar-refractivity contribution in [2.24, 2.45) is 0 Å². The molecule has 0 unspecified atom stereocenters. The number of aromatic nitrogens is 2. The first-order valence-corrected chi connectivity index (χ1v) is 5.00. The normalized spacial score (nSPS) is 10.4. The van der Waals surface area contributed by atoms with Crippen LogP contribution in [0.1, 0.15) is 5.56 Å². The third-order valence-electron chi connectivity index (χ3n) is 2.17. The van der Waals surface area contributed by atoms with Crippen molar-refractivity contribution in [3.8, 4) is 11.4 Å². The zero-order valence-corrected chi connectivity index (χ0v) is 9.29. The molecule has 1 aromatic carbocycles. The second-order valence-corrected chi connectivity index (χ2v) is 3.79. The Labute approximate surface area is 97.1 Å². The second-order valence-electron chi connectivity index (χ2n) is 3.39. The third-order valence-corrected chi connectivity index (χ3v) is 2.57. The van der Waals surface area contributed by atoms with Gasteiger partial charge in [-0.2, -0.15) is 0 Å². The molecule has 2 aromatic rings. The van der Waals surface area contributed by atoms with E-state index in [0.717, 1.165) is 0 Å². The van der Waals surface area contributed by atoms with Crippen LogP contribution in [0.3, 0.4) is 0 Å². The SMILES string of the molecule is Cc1cc(F)c(-c2nccc(N)n2)cc1Cl. The van der Waals surface area contributed by atoms with Gasteiger partial charge in [0.2, 0.25) is 0 Å². The molecule has 1 heterocycles. The molecule has 0 saturated heterocycles. The van der Waals surface area contributed by atoms with Crippen molar-refractivity contribution in [1.29, 1.82) is 0 Å². The van der Waals surface area contributed by atoms with Crippen molar-refractivity contribution < 1.29 is 4.39 Å². The molecule has 0 aliphatic rings. The summed E-state index contributed by atoms with van der Waals surface area (Å²) < 4.78 is 13.7. The molecule has 82 valence electrons. The number of hydrogen-bond acceptors (Lipinski definition) is 3. The Morgan fingerprint density at radius 1 is 1.38 bits per heavy atom. The Bertz CT molecular complexity index is 543. The van der Waals surface area contributed by atoms with Crippen LogP contribution < -0.4 is 5.73 Å². The number of hydrogen-bond donors (Lipinski definition) is 1. The second kappa shape index (κ2) is 4.06. The van der Waals surface area contributed by atoms with E-state index in [4.69, 9.17) is 17.3 Å². The molecule has 16 heavy (non-hydrogen) atoms. The van der Waals surface area contributed by atoms with Crippen LogP contribution in [0.2, 0.25) is 5.02 Å². The van der Waals surface area contributed by atoms with E-state index in [-0.39, 0.29) is 11.4 Å². The monoisotopic (exact) mass is 237 g/mol. The zero-order valence-electron chi connectivity index (χ0n) is 8.54. The lowest BCUT2D eigenvalue weighted by Gasteiger charge is -2.05. The van der Waals surface area contributed by atoms with Gasteiger partial charge in [-0.15, -0.1) is 0 Å². The number of nitrogen functional groups attached to an aromatic ring is 1. The summed E-state index contributed by atoms with van der Waals surface area (Å²) in [6, 6.07) is 4.39. The lowest BCUT2D eigenvalue weighted by Crippen LogP contribution is -1.96. The van der Waals surface area contributed by atoms with E-state index in [1.54, 1.807) is 6.92 Å². The molecule has 0 aliphatic heterocycles. The van der Waals surface area contributed by atoms with Crippen molar-refractivity contribution in [1.82, 2.24) is 9.97 Å². The third kappa shape index (κ3) is 1.97. The maximum atomic E-state index is 13.7. The van der Waals surface area contributed by atoms with E-state index in [9.17, 15) is 4.39 Å². The van der Waals surface area contributed by atoms with E-state index < -0.39 is 5.82 Å². The molecular formula is C11H9ClFN3. The van der Waals surface area contributed by atoms with Crippen LogP contribution in [0, 0.1) is 12.7 Å². The first-order valence-electron chi connectivity index (χ1n) is 4.62. The summed E-state index contributed by atoms with van der Waals surface area (Å²) in [4.78, 5) is 7.89. The van der Waals surface area contributed by atoms with Crippen molar-refractivity contribution in [2.45, 2.75) is 6.92 Å². The van der Waals surface area contributed by atoms with Gasteiger partial charge in [0.15, 0.2) is 5.82 Å². The van der Waals surface area contributed by atoms with E-state index in [0.29, 0.717) is 16.4 Å². The van der Waals surface area contributed by atoms with Crippen LogP contribution in [0.25, 0.3) is 11.4 Å². The molecule has 0 aliphatic carbocycles. The Morgan fingerprint density at radius 3 is 2.81 bits per heavy atom. The highest BCUT2D eigenvalue weighted by molar-refractivity contribution is 6.31. The molecule has 0 atom stereocenters. The summed E-state index contributed by atoms with van der Waals surface area (Å²) in [5, 5.41) is 0.474. The minimum atomic E-state index is -0.410. The van der Waals surface area contributed by atoms with Crippen LogP contribution in [0.15, 0.2) is 24.4 Å². The number of aryl methyl sites for hydroxylation is 1. The van der Waals surface area contributed by atoms with E-state index in [1.807, 2.05) is 0 Å². The highest BCUT2D eigenvalue weighted by atomic mass is 35.5. The fraction of sp³-hybridized carbons (Fsp3) is 0.0909. The molecule has 5 heteroatoms. The molecule has 0 radical (unpaired) electrons. The lowest BCUT2D eigenvalue weighted by molar-refractivity contribution is 0.629.